The van der Waals surface area contributed by atoms with Crippen LogP contribution in [0.5, 0.6) is 0 Å². The fourth-order valence-electron chi connectivity index (χ4n) is 8.85. The third kappa shape index (κ3) is 3.51. The van der Waals surface area contributed by atoms with Gasteiger partial charge in [-0.1, -0.05) is 72.1 Å². The smallest absolute Gasteiger partial charge is 0.136 e. The van der Waals surface area contributed by atoms with Crippen LogP contribution in [0.15, 0.2) is 0 Å². The minimum atomic E-state index is 0.344. The van der Waals surface area contributed by atoms with Gasteiger partial charge in [-0.15, -0.1) is 0 Å². The molecule has 0 radical (unpaired) electrons. The Bertz CT molecular complexity index is 552. The molecular weight excluding hydrogens is 340 g/mol. The molecule has 0 aliphatic heterocycles. The van der Waals surface area contributed by atoms with E-state index in [-0.39, 0.29) is 0 Å². The van der Waals surface area contributed by atoms with E-state index in [0.717, 1.165) is 30.1 Å². The number of Topliss-reactive ketones (excluding diaryl/α,β-unsaturated/α-hetero) is 1. The van der Waals surface area contributed by atoms with E-state index < -0.39 is 0 Å². The summed E-state index contributed by atoms with van der Waals surface area (Å²) in [6, 6.07) is 0. The van der Waals surface area contributed by atoms with Crippen LogP contribution in [0.2, 0.25) is 0 Å². The summed E-state index contributed by atoms with van der Waals surface area (Å²) in [6.07, 6.45) is 21.9. The van der Waals surface area contributed by atoms with Crippen LogP contribution in [0.4, 0.5) is 0 Å². The number of ketones is 1. The van der Waals surface area contributed by atoms with Crippen molar-refractivity contribution in [2.24, 2.45) is 40.4 Å². The molecule has 0 N–H and O–H groups in total. The molecule has 4 aliphatic carbocycles. The van der Waals surface area contributed by atoms with Gasteiger partial charge in [-0.2, -0.15) is 0 Å². The van der Waals surface area contributed by atoms with Gasteiger partial charge in [0.05, 0.1) is 0 Å². The van der Waals surface area contributed by atoms with Gasteiger partial charge in [-0.3, -0.25) is 4.79 Å². The fraction of sp³-hybridized carbons (Fsp3) is 0.963. The zero-order chi connectivity index (χ0) is 19.8. The Morgan fingerprint density at radius 1 is 0.821 bits per heavy atom. The fourth-order valence-corrected chi connectivity index (χ4v) is 8.85. The van der Waals surface area contributed by atoms with Gasteiger partial charge in [-0.25, -0.2) is 0 Å². The molecule has 0 spiro atoms. The number of unbranched alkanes of at least 4 members (excludes halogenated alkanes) is 5. The molecule has 0 saturated heterocycles. The summed E-state index contributed by atoms with van der Waals surface area (Å²) >= 11 is 0. The van der Waals surface area contributed by atoms with Crippen molar-refractivity contribution in [3.8, 4) is 0 Å². The Balaban J connectivity index is 1.41. The highest BCUT2D eigenvalue weighted by molar-refractivity contribution is 5.83. The summed E-state index contributed by atoms with van der Waals surface area (Å²) in [5.74, 6) is 4.43. The molecular formula is C27H46O. The predicted octanol–water partition coefficient (Wildman–Crippen LogP) is 7.97. The van der Waals surface area contributed by atoms with Gasteiger partial charge < -0.3 is 0 Å². The summed E-state index contributed by atoms with van der Waals surface area (Å²) in [5, 5.41) is 0. The van der Waals surface area contributed by atoms with Crippen molar-refractivity contribution in [1.29, 1.82) is 0 Å². The van der Waals surface area contributed by atoms with E-state index in [1.165, 1.54) is 96.3 Å². The second-order valence-electron chi connectivity index (χ2n) is 11.7. The molecule has 4 fully saturated rings. The molecule has 0 amide bonds. The van der Waals surface area contributed by atoms with Crippen molar-refractivity contribution in [3.63, 3.8) is 0 Å². The average molecular weight is 387 g/mol. The molecule has 1 heteroatoms. The van der Waals surface area contributed by atoms with Crippen LogP contribution in [0.3, 0.4) is 0 Å². The number of carbonyl (C=O) groups excluding carboxylic acids is 1. The highest BCUT2D eigenvalue weighted by atomic mass is 16.1. The highest BCUT2D eigenvalue weighted by Gasteiger charge is 2.61. The summed E-state index contributed by atoms with van der Waals surface area (Å²) in [4.78, 5) is 13.2. The lowest BCUT2D eigenvalue weighted by Gasteiger charge is -2.59. The quantitative estimate of drug-likeness (QED) is 0.405. The van der Waals surface area contributed by atoms with Gasteiger partial charge in [0.15, 0.2) is 0 Å². The van der Waals surface area contributed by atoms with Crippen molar-refractivity contribution in [1.82, 2.24) is 0 Å². The van der Waals surface area contributed by atoms with E-state index in [1.54, 1.807) is 0 Å². The SMILES string of the molecule is CCCCCCCC[C@H]1CC[C@H]2[C@@H]3CC(=O)[C@H]4CCCC[C@]4(C)[C@H]3CC[C@]12C. The van der Waals surface area contributed by atoms with Crippen LogP contribution >= 0.6 is 0 Å². The molecule has 1 nitrogen and oxygen atoms in total. The number of carbonyl (C=O) groups is 1. The largest absolute Gasteiger partial charge is 0.299 e. The van der Waals surface area contributed by atoms with Crippen LogP contribution in [0.25, 0.3) is 0 Å². The minimum Gasteiger partial charge on any atom is -0.299 e. The van der Waals surface area contributed by atoms with Crippen LogP contribution in [-0.2, 0) is 4.79 Å². The molecule has 160 valence electrons. The average Bonchev–Trinajstić information content (AvgIpc) is 3.01. The van der Waals surface area contributed by atoms with Gasteiger partial charge in [0.2, 0.25) is 0 Å². The second kappa shape index (κ2) is 8.43. The lowest BCUT2D eigenvalue weighted by atomic mass is 9.44. The molecule has 0 aromatic carbocycles. The second-order valence-corrected chi connectivity index (χ2v) is 11.7. The first-order chi connectivity index (χ1) is 13.5. The summed E-state index contributed by atoms with van der Waals surface area (Å²) in [5.41, 5.74) is 0.889. The Labute approximate surface area is 174 Å². The van der Waals surface area contributed by atoms with E-state index in [2.05, 4.69) is 20.8 Å². The van der Waals surface area contributed by atoms with E-state index in [4.69, 9.17) is 0 Å². The third-order valence-electron chi connectivity index (χ3n) is 10.5. The van der Waals surface area contributed by atoms with Crippen molar-refractivity contribution in [2.45, 2.75) is 124 Å². The lowest BCUT2D eigenvalue weighted by molar-refractivity contribution is -0.153. The molecule has 0 aromatic rings. The van der Waals surface area contributed by atoms with E-state index in [9.17, 15) is 4.79 Å². The first kappa shape index (κ1) is 20.9. The molecule has 4 saturated carbocycles. The summed E-state index contributed by atoms with van der Waals surface area (Å²) in [6.45, 7) is 7.47. The van der Waals surface area contributed by atoms with Gasteiger partial charge in [-0.05, 0) is 79.4 Å². The standard InChI is InChI=1S/C27H46O/c1-4-5-6-7-8-9-12-20-14-15-22-21-19-25(28)24-13-10-11-17-27(24,3)23(21)16-18-26(20,22)2/h20-24H,4-19H2,1-3H3/t20-,21-,22-,23-,24+,26+,27+/m0/s1. The van der Waals surface area contributed by atoms with Crippen LogP contribution in [0, 0.1) is 40.4 Å². The number of rotatable bonds is 7. The number of hydrogen-bond donors (Lipinski definition) is 0. The van der Waals surface area contributed by atoms with Gasteiger partial charge in [0, 0.05) is 12.3 Å². The minimum absolute atomic E-state index is 0.344. The Morgan fingerprint density at radius 2 is 1.57 bits per heavy atom. The van der Waals surface area contributed by atoms with Crippen LogP contribution < -0.4 is 0 Å². The molecule has 0 bridgehead atoms. The molecule has 7 atom stereocenters. The lowest BCUT2D eigenvalue weighted by Crippen LogP contribution is -2.55. The van der Waals surface area contributed by atoms with Crippen molar-refractivity contribution in [3.05, 3.63) is 0 Å². The maximum atomic E-state index is 13.2. The van der Waals surface area contributed by atoms with Crippen molar-refractivity contribution >= 4 is 5.78 Å². The van der Waals surface area contributed by atoms with E-state index in [0.29, 0.717) is 22.5 Å². The number of hydrogen-bond acceptors (Lipinski definition) is 1. The van der Waals surface area contributed by atoms with Crippen molar-refractivity contribution in [2.75, 3.05) is 0 Å². The highest BCUT2D eigenvalue weighted by Crippen LogP contribution is 2.67. The van der Waals surface area contributed by atoms with Crippen LogP contribution in [-0.4, -0.2) is 5.78 Å². The first-order valence-electron chi connectivity index (χ1n) is 13.0. The Morgan fingerprint density at radius 3 is 2.39 bits per heavy atom. The zero-order valence-corrected chi connectivity index (χ0v) is 19.1. The van der Waals surface area contributed by atoms with Gasteiger partial charge in [0.25, 0.3) is 0 Å². The molecule has 28 heavy (non-hydrogen) atoms. The predicted molar refractivity (Wildman–Crippen MR) is 118 cm³/mol. The first-order valence-corrected chi connectivity index (χ1v) is 13.0. The summed E-state index contributed by atoms with van der Waals surface area (Å²) < 4.78 is 0. The molecule has 4 aliphatic rings. The molecule has 0 heterocycles. The Hall–Kier alpha value is -0.330. The topological polar surface area (TPSA) is 17.1 Å². The van der Waals surface area contributed by atoms with E-state index >= 15 is 0 Å². The maximum Gasteiger partial charge on any atom is 0.136 e. The van der Waals surface area contributed by atoms with Crippen LogP contribution in [0.1, 0.15) is 124 Å². The summed E-state index contributed by atoms with van der Waals surface area (Å²) in [7, 11) is 0. The van der Waals surface area contributed by atoms with Gasteiger partial charge >= 0.3 is 0 Å². The normalized spacial score (nSPS) is 45.4. The third-order valence-corrected chi connectivity index (χ3v) is 10.5. The molecule has 4 rings (SSSR count). The van der Waals surface area contributed by atoms with Gasteiger partial charge in [0.1, 0.15) is 5.78 Å². The maximum absolute atomic E-state index is 13.2. The number of fused-ring (bicyclic) bond motifs is 5. The van der Waals surface area contributed by atoms with E-state index in [1.807, 2.05) is 0 Å². The monoisotopic (exact) mass is 386 g/mol. The molecule has 0 aromatic heterocycles. The zero-order valence-electron chi connectivity index (χ0n) is 19.1. The van der Waals surface area contributed by atoms with Crippen molar-refractivity contribution < 1.29 is 4.79 Å². The Kier molecular flexibility index (Phi) is 6.30. The molecule has 0 unspecified atom stereocenters.